The van der Waals surface area contributed by atoms with Crippen molar-refractivity contribution in [3.05, 3.63) is 30.1 Å². The Bertz CT molecular complexity index is 451. The third-order valence-electron chi connectivity index (χ3n) is 2.52. The van der Waals surface area contributed by atoms with Gasteiger partial charge in [0.15, 0.2) is 0 Å². The summed E-state index contributed by atoms with van der Waals surface area (Å²) in [6.45, 7) is 1.64. The molecule has 0 bridgehead atoms. The summed E-state index contributed by atoms with van der Waals surface area (Å²) in [5.74, 6) is -1.66. The number of carbonyl (C=O) groups is 2. The van der Waals surface area contributed by atoms with E-state index in [2.05, 4.69) is 5.32 Å². The quantitative estimate of drug-likeness (QED) is 0.861. The maximum absolute atomic E-state index is 13.4. The van der Waals surface area contributed by atoms with Gasteiger partial charge in [0.25, 0.3) is 0 Å². The molecule has 2 amide bonds. The molecule has 0 unspecified atom stereocenters. The van der Waals surface area contributed by atoms with Crippen molar-refractivity contribution in [3.8, 4) is 0 Å². The molecule has 0 aliphatic carbocycles. The number of para-hydroxylation sites is 1. The van der Waals surface area contributed by atoms with Crippen LogP contribution in [0.3, 0.4) is 0 Å². The van der Waals surface area contributed by atoms with E-state index in [1.807, 2.05) is 0 Å². The van der Waals surface area contributed by atoms with E-state index >= 15 is 0 Å². The Balaban J connectivity index is 2.79. The predicted molar refractivity (Wildman–Crippen MR) is 65.0 cm³/mol. The lowest BCUT2D eigenvalue weighted by Gasteiger charge is -2.21. The lowest BCUT2D eigenvalue weighted by atomic mass is 10.2. The molecule has 0 aromatic heterocycles. The van der Waals surface area contributed by atoms with Gasteiger partial charge in [-0.15, -0.1) is 0 Å². The van der Waals surface area contributed by atoms with Crippen molar-refractivity contribution in [2.75, 3.05) is 11.9 Å². The number of rotatable bonds is 4. The third-order valence-corrected chi connectivity index (χ3v) is 2.52. The van der Waals surface area contributed by atoms with Crippen LogP contribution in [0, 0.1) is 5.82 Å². The number of hydrogen-bond donors (Lipinski definition) is 2. The summed E-state index contributed by atoms with van der Waals surface area (Å²) in [4.78, 5) is 23.6. The number of amides is 2. The van der Waals surface area contributed by atoms with E-state index in [4.69, 9.17) is 5.11 Å². The molecular formula is C12H15FN2O3. The summed E-state index contributed by atoms with van der Waals surface area (Å²) in [6, 6.07) is 4.14. The van der Waals surface area contributed by atoms with Gasteiger partial charge in [-0.2, -0.15) is 0 Å². The first-order chi connectivity index (χ1) is 8.47. The highest BCUT2D eigenvalue weighted by Gasteiger charge is 2.21. The number of aliphatic carboxylic acids is 1. The molecule has 2 N–H and O–H groups in total. The lowest BCUT2D eigenvalue weighted by molar-refractivity contribution is -0.139. The Kier molecular flexibility index (Phi) is 4.65. The lowest BCUT2D eigenvalue weighted by Crippen LogP contribution is -2.46. The van der Waals surface area contributed by atoms with E-state index in [1.54, 1.807) is 13.0 Å². The van der Waals surface area contributed by atoms with E-state index in [9.17, 15) is 14.0 Å². The summed E-state index contributed by atoms with van der Waals surface area (Å²) in [5, 5.41) is 11.1. The minimum Gasteiger partial charge on any atom is -0.480 e. The van der Waals surface area contributed by atoms with Crippen LogP contribution in [0.15, 0.2) is 24.3 Å². The topological polar surface area (TPSA) is 69.6 Å². The molecule has 5 nitrogen and oxygen atoms in total. The number of benzene rings is 1. The minimum atomic E-state index is -1.12. The molecule has 0 spiro atoms. The normalized spacial score (nSPS) is 11.7. The Morgan fingerprint density at radius 2 is 2.06 bits per heavy atom. The van der Waals surface area contributed by atoms with Gasteiger partial charge in [-0.25, -0.2) is 14.0 Å². The molecule has 0 heterocycles. The van der Waals surface area contributed by atoms with Crippen LogP contribution < -0.4 is 10.2 Å². The van der Waals surface area contributed by atoms with Crippen LogP contribution in [0.4, 0.5) is 14.9 Å². The van der Waals surface area contributed by atoms with E-state index in [1.165, 1.54) is 25.2 Å². The molecule has 1 aromatic rings. The number of anilines is 1. The Labute approximate surface area is 104 Å². The van der Waals surface area contributed by atoms with Gasteiger partial charge < -0.3 is 10.4 Å². The fourth-order valence-electron chi connectivity index (χ4n) is 1.42. The van der Waals surface area contributed by atoms with Crippen LogP contribution in [-0.4, -0.2) is 30.2 Å². The molecule has 0 fully saturated rings. The van der Waals surface area contributed by atoms with Crippen molar-refractivity contribution >= 4 is 17.7 Å². The highest BCUT2D eigenvalue weighted by atomic mass is 19.1. The van der Waals surface area contributed by atoms with Crippen molar-refractivity contribution in [1.82, 2.24) is 5.32 Å². The van der Waals surface area contributed by atoms with Gasteiger partial charge in [0.2, 0.25) is 0 Å². The number of nitrogens with zero attached hydrogens (tertiary/aromatic N) is 1. The number of urea groups is 1. The molecule has 1 atom stereocenters. The van der Waals surface area contributed by atoms with Crippen LogP contribution in [0.5, 0.6) is 0 Å². The van der Waals surface area contributed by atoms with Crippen LogP contribution in [-0.2, 0) is 4.79 Å². The summed E-state index contributed by atoms with van der Waals surface area (Å²) in [6.07, 6.45) is 0.256. The standard InChI is InChI=1S/C12H15FN2O3/c1-3-9(11(16)17)14-12(18)15(2)10-7-5-4-6-8(10)13/h4-7,9H,3H2,1-2H3,(H,14,18)(H,16,17)/t9-/m1/s1. The molecule has 18 heavy (non-hydrogen) atoms. The van der Waals surface area contributed by atoms with Gasteiger partial charge in [-0.3, -0.25) is 4.90 Å². The van der Waals surface area contributed by atoms with Crippen LogP contribution in [0.2, 0.25) is 0 Å². The van der Waals surface area contributed by atoms with Gasteiger partial charge in [0.1, 0.15) is 11.9 Å². The highest BCUT2D eigenvalue weighted by molar-refractivity contribution is 5.94. The number of halogens is 1. The maximum Gasteiger partial charge on any atom is 0.326 e. The van der Waals surface area contributed by atoms with E-state index in [-0.39, 0.29) is 12.1 Å². The summed E-state index contributed by atoms with van der Waals surface area (Å²) in [5.41, 5.74) is 0.0928. The predicted octanol–water partition coefficient (Wildman–Crippen LogP) is 1.83. The average Bonchev–Trinajstić information content (AvgIpc) is 2.35. The van der Waals surface area contributed by atoms with Crippen molar-refractivity contribution in [1.29, 1.82) is 0 Å². The second kappa shape index (κ2) is 6.00. The number of carbonyl (C=O) groups excluding carboxylic acids is 1. The molecule has 6 heteroatoms. The van der Waals surface area contributed by atoms with Crippen molar-refractivity contribution < 1.29 is 19.1 Å². The van der Waals surface area contributed by atoms with Crippen LogP contribution in [0.1, 0.15) is 13.3 Å². The fourth-order valence-corrected chi connectivity index (χ4v) is 1.42. The van der Waals surface area contributed by atoms with Gasteiger partial charge in [-0.05, 0) is 18.6 Å². The molecule has 1 aromatic carbocycles. The third kappa shape index (κ3) is 3.19. The van der Waals surface area contributed by atoms with Gasteiger partial charge >= 0.3 is 12.0 Å². The number of carboxylic acids is 1. The van der Waals surface area contributed by atoms with Crippen molar-refractivity contribution in [2.45, 2.75) is 19.4 Å². The molecular weight excluding hydrogens is 239 g/mol. The van der Waals surface area contributed by atoms with Gasteiger partial charge in [0.05, 0.1) is 5.69 Å². The molecule has 1 rings (SSSR count). The zero-order valence-corrected chi connectivity index (χ0v) is 10.2. The van der Waals surface area contributed by atoms with Crippen molar-refractivity contribution in [2.24, 2.45) is 0 Å². The first-order valence-corrected chi connectivity index (χ1v) is 5.49. The number of carboxylic acid groups (broad SMARTS) is 1. The maximum atomic E-state index is 13.4. The summed E-state index contributed by atoms with van der Waals surface area (Å²) in [7, 11) is 1.38. The zero-order valence-electron chi connectivity index (χ0n) is 10.2. The van der Waals surface area contributed by atoms with Crippen LogP contribution in [0.25, 0.3) is 0 Å². The smallest absolute Gasteiger partial charge is 0.326 e. The second-order valence-corrected chi connectivity index (χ2v) is 3.76. The second-order valence-electron chi connectivity index (χ2n) is 3.76. The highest BCUT2D eigenvalue weighted by Crippen LogP contribution is 2.17. The average molecular weight is 254 g/mol. The van der Waals surface area contributed by atoms with Crippen molar-refractivity contribution in [3.63, 3.8) is 0 Å². The molecule has 0 radical (unpaired) electrons. The Morgan fingerprint density at radius 3 is 2.56 bits per heavy atom. The van der Waals surface area contributed by atoms with E-state index in [0.29, 0.717) is 0 Å². The molecule has 0 aliphatic rings. The Morgan fingerprint density at radius 1 is 1.44 bits per heavy atom. The number of hydrogen-bond acceptors (Lipinski definition) is 2. The SMILES string of the molecule is CC[C@@H](NC(=O)N(C)c1ccccc1F)C(=O)O. The minimum absolute atomic E-state index is 0.0928. The van der Waals surface area contributed by atoms with E-state index in [0.717, 1.165) is 4.90 Å². The van der Waals surface area contributed by atoms with Crippen LogP contribution >= 0.6 is 0 Å². The van der Waals surface area contributed by atoms with Gasteiger partial charge in [0, 0.05) is 7.05 Å². The summed E-state index contributed by atoms with van der Waals surface area (Å²) < 4.78 is 13.4. The summed E-state index contributed by atoms with van der Waals surface area (Å²) >= 11 is 0. The molecule has 0 saturated heterocycles. The number of nitrogens with one attached hydrogen (secondary N) is 1. The largest absolute Gasteiger partial charge is 0.480 e. The molecule has 0 saturated carbocycles. The molecule has 98 valence electrons. The first-order valence-electron chi connectivity index (χ1n) is 5.49. The molecule has 0 aliphatic heterocycles. The zero-order chi connectivity index (χ0) is 13.7. The van der Waals surface area contributed by atoms with E-state index < -0.39 is 23.9 Å². The monoisotopic (exact) mass is 254 g/mol. The Hall–Kier alpha value is -2.11. The first kappa shape index (κ1) is 14.0. The van der Waals surface area contributed by atoms with Gasteiger partial charge in [-0.1, -0.05) is 19.1 Å². The fraction of sp³-hybridized carbons (Fsp3) is 0.333.